The van der Waals surface area contributed by atoms with E-state index < -0.39 is 6.09 Å². The number of rotatable bonds is 2. The van der Waals surface area contributed by atoms with Gasteiger partial charge in [0.1, 0.15) is 6.07 Å². The lowest BCUT2D eigenvalue weighted by Gasteiger charge is -2.03. The smallest absolute Gasteiger partial charge is 0.419 e. The zero-order valence-electron chi connectivity index (χ0n) is 12.1. The summed E-state index contributed by atoms with van der Waals surface area (Å²) in [4.78, 5) is 16.2. The van der Waals surface area contributed by atoms with Gasteiger partial charge < -0.3 is 4.74 Å². The minimum atomic E-state index is -0.546. The van der Waals surface area contributed by atoms with Gasteiger partial charge in [-0.1, -0.05) is 0 Å². The van der Waals surface area contributed by atoms with Crippen LogP contribution >= 0.6 is 0 Å². The maximum atomic E-state index is 11.9. The summed E-state index contributed by atoms with van der Waals surface area (Å²) in [6.07, 6.45) is 6.13. The molecule has 22 heavy (non-hydrogen) atoms. The molecule has 7 nitrogen and oxygen atoms in total. The van der Waals surface area contributed by atoms with E-state index in [2.05, 4.69) is 16.2 Å². The average molecular weight is 295 g/mol. The predicted octanol–water partition coefficient (Wildman–Crippen LogP) is 2.31. The van der Waals surface area contributed by atoms with Gasteiger partial charge in [-0.05, 0) is 13.0 Å². The Morgan fingerprint density at radius 2 is 2.18 bits per heavy atom. The van der Waals surface area contributed by atoms with Gasteiger partial charge in [-0.2, -0.15) is 10.4 Å². The normalized spacial score (nSPS) is 10.6. The lowest BCUT2D eigenvalue weighted by molar-refractivity contribution is 0.155. The fourth-order valence-corrected chi connectivity index (χ4v) is 2.26. The molecule has 0 atom stereocenters. The Balaban J connectivity index is 2.16. The fraction of sp³-hybridized carbons (Fsp3) is 0.200. The summed E-state index contributed by atoms with van der Waals surface area (Å²) in [6, 6.07) is 3.91. The first-order valence-electron chi connectivity index (χ1n) is 6.71. The highest BCUT2D eigenvalue weighted by atomic mass is 16.5. The highest BCUT2D eigenvalue weighted by Gasteiger charge is 2.16. The summed E-state index contributed by atoms with van der Waals surface area (Å²) in [5.74, 6) is 0. The number of hydrogen-bond donors (Lipinski definition) is 0. The van der Waals surface area contributed by atoms with Crippen LogP contribution in [0.3, 0.4) is 0 Å². The Kier molecular flexibility index (Phi) is 3.35. The molecule has 0 aliphatic rings. The van der Waals surface area contributed by atoms with Crippen LogP contribution in [0.4, 0.5) is 4.79 Å². The quantitative estimate of drug-likeness (QED) is 0.724. The van der Waals surface area contributed by atoms with Gasteiger partial charge in [-0.25, -0.2) is 14.3 Å². The van der Waals surface area contributed by atoms with Crippen molar-refractivity contribution in [3.63, 3.8) is 0 Å². The van der Waals surface area contributed by atoms with Crippen LogP contribution in [-0.2, 0) is 11.8 Å². The van der Waals surface area contributed by atoms with E-state index in [0.29, 0.717) is 16.6 Å². The third-order valence-electron chi connectivity index (χ3n) is 3.27. The van der Waals surface area contributed by atoms with Crippen LogP contribution in [0.2, 0.25) is 0 Å². The summed E-state index contributed by atoms with van der Waals surface area (Å²) < 4.78 is 7.92. The zero-order valence-corrected chi connectivity index (χ0v) is 12.1. The van der Waals surface area contributed by atoms with Gasteiger partial charge in [0.2, 0.25) is 0 Å². The Labute approximate surface area is 126 Å². The number of ether oxygens (including phenoxy) is 1. The van der Waals surface area contributed by atoms with E-state index in [0.717, 1.165) is 11.1 Å². The average Bonchev–Trinajstić information content (AvgIpc) is 3.10. The van der Waals surface area contributed by atoms with Crippen molar-refractivity contribution in [2.75, 3.05) is 6.61 Å². The molecule has 0 amide bonds. The Morgan fingerprint density at radius 1 is 1.36 bits per heavy atom. The zero-order chi connectivity index (χ0) is 15.7. The third-order valence-corrected chi connectivity index (χ3v) is 3.27. The maximum Gasteiger partial charge on any atom is 0.419 e. The number of fused-ring (bicyclic) bond motifs is 1. The number of nitriles is 1. The summed E-state index contributed by atoms with van der Waals surface area (Å²) in [5, 5.41) is 14.0. The molecule has 7 heteroatoms. The van der Waals surface area contributed by atoms with Gasteiger partial charge >= 0.3 is 6.09 Å². The molecule has 0 aliphatic heterocycles. The number of carbonyl (C=O) groups excluding carboxylic acids is 1. The molecule has 110 valence electrons. The first kappa shape index (κ1) is 13.8. The van der Waals surface area contributed by atoms with Crippen LogP contribution in [0.25, 0.3) is 22.2 Å². The van der Waals surface area contributed by atoms with Crippen LogP contribution in [0.15, 0.2) is 30.9 Å². The number of pyridine rings is 1. The number of aryl methyl sites for hydroxylation is 1. The van der Waals surface area contributed by atoms with Gasteiger partial charge in [-0.3, -0.25) is 4.68 Å². The van der Waals surface area contributed by atoms with Gasteiger partial charge in [-0.15, -0.1) is 0 Å². The summed E-state index contributed by atoms with van der Waals surface area (Å²) >= 11 is 0. The van der Waals surface area contributed by atoms with Crippen LogP contribution in [-0.4, -0.2) is 32.0 Å². The molecule has 0 N–H and O–H groups in total. The van der Waals surface area contributed by atoms with Crippen molar-refractivity contribution in [2.24, 2.45) is 7.05 Å². The van der Waals surface area contributed by atoms with E-state index in [1.165, 1.54) is 10.8 Å². The molecule has 3 aromatic rings. The van der Waals surface area contributed by atoms with Gasteiger partial charge in [0, 0.05) is 42.2 Å². The van der Waals surface area contributed by atoms with Gasteiger partial charge in [0.05, 0.1) is 18.4 Å². The number of hydrogen-bond acceptors (Lipinski definition) is 5. The molecule has 3 heterocycles. The molecule has 3 rings (SSSR count). The van der Waals surface area contributed by atoms with Crippen LogP contribution in [0, 0.1) is 11.3 Å². The molecule has 0 radical (unpaired) electrons. The number of aromatic nitrogens is 4. The highest BCUT2D eigenvalue weighted by Crippen LogP contribution is 2.25. The SMILES string of the molecule is CCOC(=O)n1cc(C#N)c2cc(-c3cnn(C)c3)cnc21. The minimum Gasteiger partial charge on any atom is -0.449 e. The van der Waals surface area contributed by atoms with E-state index in [-0.39, 0.29) is 6.61 Å². The topological polar surface area (TPSA) is 85.7 Å². The number of nitrogens with zero attached hydrogens (tertiary/aromatic N) is 5. The van der Waals surface area contributed by atoms with Crippen LogP contribution in [0.5, 0.6) is 0 Å². The van der Waals surface area contributed by atoms with E-state index in [4.69, 9.17) is 4.74 Å². The van der Waals surface area contributed by atoms with Crippen molar-refractivity contribution >= 4 is 17.1 Å². The first-order chi connectivity index (χ1) is 10.6. The predicted molar refractivity (Wildman–Crippen MR) is 79.1 cm³/mol. The molecular weight excluding hydrogens is 282 g/mol. The third kappa shape index (κ3) is 2.20. The summed E-state index contributed by atoms with van der Waals surface area (Å²) in [6.45, 7) is 1.98. The van der Waals surface area contributed by atoms with E-state index in [9.17, 15) is 10.1 Å². The molecule has 0 spiro atoms. The monoisotopic (exact) mass is 295 g/mol. The van der Waals surface area contributed by atoms with E-state index in [1.807, 2.05) is 19.3 Å². The molecule has 0 saturated heterocycles. The largest absolute Gasteiger partial charge is 0.449 e. The van der Waals surface area contributed by atoms with Crippen molar-refractivity contribution in [3.05, 3.63) is 36.4 Å². The lowest BCUT2D eigenvalue weighted by Crippen LogP contribution is -2.12. The second kappa shape index (κ2) is 5.33. The van der Waals surface area contributed by atoms with Crippen molar-refractivity contribution in [1.82, 2.24) is 19.3 Å². The highest BCUT2D eigenvalue weighted by molar-refractivity contribution is 5.93. The van der Waals surface area contributed by atoms with Crippen LogP contribution in [0.1, 0.15) is 12.5 Å². The Bertz CT molecular complexity index is 900. The molecule has 0 aliphatic carbocycles. The van der Waals surface area contributed by atoms with Gasteiger partial charge in [0.25, 0.3) is 0 Å². The summed E-state index contributed by atoms with van der Waals surface area (Å²) in [5.41, 5.74) is 2.51. The maximum absolute atomic E-state index is 11.9. The molecule has 0 saturated carbocycles. The molecule has 0 unspecified atom stereocenters. The molecule has 3 aromatic heterocycles. The van der Waals surface area contributed by atoms with Crippen molar-refractivity contribution in [3.8, 4) is 17.2 Å². The minimum absolute atomic E-state index is 0.258. The van der Waals surface area contributed by atoms with E-state index >= 15 is 0 Å². The van der Waals surface area contributed by atoms with Crippen molar-refractivity contribution in [1.29, 1.82) is 5.26 Å². The van der Waals surface area contributed by atoms with E-state index in [1.54, 1.807) is 24.0 Å². The first-order valence-corrected chi connectivity index (χ1v) is 6.71. The number of carbonyl (C=O) groups is 1. The summed E-state index contributed by atoms with van der Waals surface area (Å²) in [7, 11) is 1.83. The lowest BCUT2D eigenvalue weighted by atomic mass is 10.1. The molecule has 0 aromatic carbocycles. The van der Waals surface area contributed by atoms with Gasteiger partial charge in [0.15, 0.2) is 5.65 Å². The second-order valence-corrected chi connectivity index (χ2v) is 4.72. The van der Waals surface area contributed by atoms with Crippen LogP contribution < -0.4 is 0 Å². The Hall–Kier alpha value is -3.14. The fourth-order valence-electron chi connectivity index (χ4n) is 2.26. The standard InChI is InChI=1S/C15H13N5O2/c1-3-22-15(21)20-9-11(5-16)13-4-10(6-17-14(13)20)12-7-18-19(2)8-12/h4,6-9H,3H2,1-2H3. The van der Waals surface area contributed by atoms with Crippen molar-refractivity contribution < 1.29 is 9.53 Å². The second-order valence-electron chi connectivity index (χ2n) is 4.72. The molecule has 0 bridgehead atoms. The molecular formula is C15H13N5O2. The van der Waals surface area contributed by atoms with Crippen molar-refractivity contribution in [2.45, 2.75) is 6.92 Å². The Morgan fingerprint density at radius 3 is 2.82 bits per heavy atom. The molecule has 0 fully saturated rings.